The van der Waals surface area contributed by atoms with Gasteiger partial charge in [-0.05, 0) is 30.2 Å². The van der Waals surface area contributed by atoms with Gasteiger partial charge in [-0.15, -0.1) is 0 Å². The minimum atomic E-state index is -3.57. The molecule has 1 aromatic heterocycles. The minimum absolute atomic E-state index is 0.0880. The van der Waals surface area contributed by atoms with Crippen molar-refractivity contribution in [3.05, 3.63) is 47.3 Å². The molecule has 19 heavy (non-hydrogen) atoms. The number of nitrogens with two attached hydrogens (primary N) is 1. The molecular formula is C12H15N3O3S. The molecule has 0 bridgehead atoms. The lowest BCUT2D eigenvalue weighted by Gasteiger charge is -2.08. The van der Waals surface area contributed by atoms with Crippen molar-refractivity contribution in [3.63, 3.8) is 0 Å². The molecule has 0 unspecified atom stereocenters. The normalized spacial score (nSPS) is 11.7. The Balaban J connectivity index is 2.19. The van der Waals surface area contributed by atoms with Crippen molar-refractivity contribution in [2.45, 2.75) is 24.9 Å². The van der Waals surface area contributed by atoms with Gasteiger partial charge in [-0.25, -0.2) is 13.1 Å². The van der Waals surface area contributed by atoms with Gasteiger partial charge in [-0.2, -0.15) is 0 Å². The summed E-state index contributed by atoms with van der Waals surface area (Å²) in [6.07, 6.45) is 1.39. The third-order valence-corrected chi connectivity index (χ3v) is 4.18. The summed E-state index contributed by atoms with van der Waals surface area (Å²) in [7, 11) is -3.57. The Hall–Kier alpha value is -1.70. The van der Waals surface area contributed by atoms with Crippen LogP contribution in [0.5, 0.6) is 0 Å². The summed E-state index contributed by atoms with van der Waals surface area (Å²) in [5, 5.41) is 3.64. The predicted molar refractivity (Wildman–Crippen MR) is 69.6 cm³/mol. The number of sulfonamides is 1. The summed E-state index contributed by atoms with van der Waals surface area (Å²) >= 11 is 0. The number of benzene rings is 1. The quantitative estimate of drug-likeness (QED) is 0.849. The fourth-order valence-corrected chi connectivity index (χ4v) is 2.67. The maximum Gasteiger partial charge on any atom is 0.240 e. The SMILES string of the molecule is Cc1ccc(S(=O)(=O)NCc2ccon2)cc1CN. The van der Waals surface area contributed by atoms with Crippen LogP contribution in [-0.4, -0.2) is 13.6 Å². The second-order valence-corrected chi connectivity index (χ2v) is 5.87. The van der Waals surface area contributed by atoms with E-state index in [0.29, 0.717) is 12.2 Å². The first kappa shape index (κ1) is 13.7. The van der Waals surface area contributed by atoms with Crippen LogP contribution in [0.3, 0.4) is 0 Å². The second-order valence-electron chi connectivity index (χ2n) is 4.11. The van der Waals surface area contributed by atoms with Crippen molar-refractivity contribution < 1.29 is 12.9 Å². The fraction of sp³-hybridized carbons (Fsp3) is 0.250. The van der Waals surface area contributed by atoms with E-state index < -0.39 is 10.0 Å². The number of nitrogens with zero attached hydrogens (tertiary/aromatic N) is 1. The van der Waals surface area contributed by atoms with E-state index in [0.717, 1.165) is 11.1 Å². The topological polar surface area (TPSA) is 98.2 Å². The van der Waals surface area contributed by atoms with E-state index in [4.69, 9.17) is 5.73 Å². The highest BCUT2D eigenvalue weighted by Gasteiger charge is 2.15. The smallest absolute Gasteiger partial charge is 0.240 e. The average Bonchev–Trinajstić information content (AvgIpc) is 2.90. The standard InChI is InChI=1S/C12H15N3O3S/c1-9-2-3-12(6-10(9)7-13)19(16,17)14-8-11-4-5-18-15-11/h2-6,14H,7-8,13H2,1H3. The molecule has 0 radical (unpaired) electrons. The molecule has 3 N–H and O–H groups in total. The highest BCUT2D eigenvalue weighted by atomic mass is 32.2. The molecule has 0 atom stereocenters. The van der Waals surface area contributed by atoms with Crippen LogP contribution in [0.4, 0.5) is 0 Å². The van der Waals surface area contributed by atoms with Crippen molar-refractivity contribution in [2.75, 3.05) is 0 Å². The number of aromatic nitrogens is 1. The largest absolute Gasteiger partial charge is 0.364 e. The van der Waals surface area contributed by atoms with E-state index in [9.17, 15) is 8.42 Å². The Kier molecular flexibility index (Phi) is 3.98. The van der Waals surface area contributed by atoms with Gasteiger partial charge in [0.15, 0.2) is 0 Å². The molecule has 0 amide bonds. The Morgan fingerprint density at radius 3 is 2.79 bits per heavy atom. The Morgan fingerprint density at radius 2 is 2.16 bits per heavy atom. The molecule has 0 saturated heterocycles. The summed E-state index contributed by atoms with van der Waals surface area (Å²) in [5.74, 6) is 0. The summed E-state index contributed by atoms with van der Waals surface area (Å²) in [4.78, 5) is 0.196. The number of aryl methyl sites for hydroxylation is 1. The predicted octanol–water partition coefficient (Wildman–Crippen LogP) is 0.920. The first-order valence-corrected chi connectivity index (χ1v) is 7.20. The molecule has 0 aliphatic carbocycles. The molecule has 2 aromatic rings. The van der Waals surface area contributed by atoms with Gasteiger partial charge in [0.2, 0.25) is 10.0 Å². The van der Waals surface area contributed by atoms with Crippen molar-refractivity contribution in [1.29, 1.82) is 0 Å². The van der Waals surface area contributed by atoms with Crippen LogP contribution in [0.1, 0.15) is 16.8 Å². The molecule has 0 spiro atoms. The number of rotatable bonds is 5. The average molecular weight is 281 g/mol. The van der Waals surface area contributed by atoms with E-state index in [-0.39, 0.29) is 11.4 Å². The van der Waals surface area contributed by atoms with Gasteiger partial charge < -0.3 is 10.3 Å². The van der Waals surface area contributed by atoms with Crippen molar-refractivity contribution in [1.82, 2.24) is 9.88 Å². The molecule has 0 saturated carbocycles. The summed E-state index contributed by atoms with van der Waals surface area (Å²) in [5.41, 5.74) is 7.88. The van der Waals surface area contributed by atoms with Gasteiger partial charge in [0.1, 0.15) is 6.26 Å². The number of hydrogen-bond acceptors (Lipinski definition) is 5. The highest BCUT2D eigenvalue weighted by molar-refractivity contribution is 7.89. The lowest BCUT2D eigenvalue weighted by atomic mass is 10.1. The van der Waals surface area contributed by atoms with Crippen molar-refractivity contribution in [2.24, 2.45) is 5.73 Å². The lowest BCUT2D eigenvalue weighted by molar-refractivity contribution is 0.411. The molecule has 0 fully saturated rings. The highest BCUT2D eigenvalue weighted by Crippen LogP contribution is 2.15. The zero-order chi connectivity index (χ0) is 13.9. The lowest BCUT2D eigenvalue weighted by Crippen LogP contribution is -2.23. The van der Waals surface area contributed by atoms with Gasteiger partial charge in [0.25, 0.3) is 0 Å². The zero-order valence-corrected chi connectivity index (χ0v) is 11.3. The van der Waals surface area contributed by atoms with Crippen molar-refractivity contribution in [3.8, 4) is 0 Å². The van der Waals surface area contributed by atoms with Crippen LogP contribution in [0.25, 0.3) is 0 Å². The van der Waals surface area contributed by atoms with Gasteiger partial charge in [-0.3, -0.25) is 0 Å². The van der Waals surface area contributed by atoms with Gasteiger partial charge in [0.05, 0.1) is 17.1 Å². The van der Waals surface area contributed by atoms with Gasteiger partial charge >= 0.3 is 0 Å². The van der Waals surface area contributed by atoms with Gasteiger partial charge in [0, 0.05) is 12.6 Å². The summed E-state index contributed by atoms with van der Waals surface area (Å²) in [6, 6.07) is 6.48. The first-order valence-electron chi connectivity index (χ1n) is 5.71. The molecular weight excluding hydrogens is 266 g/mol. The molecule has 0 aliphatic rings. The molecule has 1 aromatic carbocycles. The van der Waals surface area contributed by atoms with Crippen LogP contribution in [-0.2, 0) is 23.1 Å². The molecule has 0 aliphatic heterocycles. The molecule has 7 heteroatoms. The minimum Gasteiger partial charge on any atom is -0.364 e. The van der Waals surface area contributed by atoms with Crippen LogP contribution in [0.2, 0.25) is 0 Å². The van der Waals surface area contributed by atoms with E-state index in [1.54, 1.807) is 24.3 Å². The third kappa shape index (κ3) is 3.19. The maximum atomic E-state index is 12.1. The van der Waals surface area contributed by atoms with Crippen LogP contribution < -0.4 is 10.5 Å². The Labute approximate surface area is 111 Å². The van der Waals surface area contributed by atoms with Crippen LogP contribution >= 0.6 is 0 Å². The number of hydrogen-bond donors (Lipinski definition) is 2. The molecule has 2 rings (SSSR count). The van der Waals surface area contributed by atoms with E-state index in [1.807, 2.05) is 6.92 Å². The third-order valence-electron chi connectivity index (χ3n) is 2.79. The monoisotopic (exact) mass is 281 g/mol. The molecule has 102 valence electrons. The van der Waals surface area contributed by atoms with E-state index in [2.05, 4.69) is 14.4 Å². The summed E-state index contributed by atoms with van der Waals surface area (Å²) < 4.78 is 31.3. The Morgan fingerprint density at radius 1 is 1.37 bits per heavy atom. The van der Waals surface area contributed by atoms with Crippen LogP contribution in [0.15, 0.2) is 39.9 Å². The maximum absolute atomic E-state index is 12.1. The fourth-order valence-electron chi connectivity index (χ4n) is 1.62. The Bertz CT molecular complexity index is 651. The van der Waals surface area contributed by atoms with Crippen molar-refractivity contribution >= 4 is 10.0 Å². The van der Waals surface area contributed by atoms with E-state index in [1.165, 1.54) is 6.26 Å². The first-order chi connectivity index (χ1) is 9.03. The zero-order valence-electron chi connectivity index (χ0n) is 10.5. The number of nitrogens with one attached hydrogen (secondary N) is 1. The van der Waals surface area contributed by atoms with E-state index >= 15 is 0 Å². The molecule has 6 nitrogen and oxygen atoms in total. The second kappa shape index (κ2) is 5.52. The molecule has 1 heterocycles. The summed E-state index contributed by atoms with van der Waals surface area (Å²) in [6.45, 7) is 2.28. The van der Waals surface area contributed by atoms with Crippen LogP contribution in [0, 0.1) is 6.92 Å². The van der Waals surface area contributed by atoms with Gasteiger partial charge in [-0.1, -0.05) is 11.2 Å².